The molecule has 1 aliphatic rings. The summed E-state index contributed by atoms with van der Waals surface area (Å²) < 4.78 is 4.51. The van der Waals surface area contributed by atoms with Crippen LogP contribution in [0.5, 0.6) is 0 Å². The number of carbonyl (C=O) groups excluding carboxylic acids is 1. The molecule has 0 radical (unpaired) electrons. The van der Waals surface area contributed by atoms with Gasteiger partial charge in [-0.25, -0.2) is 0 Å². The molecule has 0 aromatic rings. The lowest BCUT2D eigenvalue weighted by Gasteiger charge is -1.81. The Morgan fingerprint density at radius 1 is 1.40 bits per heavy atom. The van der Waals surface area contributed by atoms with Gasteiger partial charge in [0.15, 0.2) is 0 Å². The minimum atomic E-state index is -0.0463. The van der Waals surface area contributed by atoms with Gasteiger partial charge < -0.3 is 4.74 Å². The molecule has 0 amide bonds. The van der Waals surface area contributed by atoms with Crippen LogP contribution in [0, 0.1) is 0 Å². The third-order valence-corrected chi connectivity index (χ3v) is 1.43. The second-order valence-corrected chi connectivity index (χ2v) is 2.46. The van der Waals surface area contributed by atoms with Crippen molar-refractivity contribution in [3.05, 3.63) is 0 Å². The maximum absolute atomic E-state index is 10.0. The van der Waals surface area contributed by atoms with Crippen LogP contribution in [-0.4, -0.2) is 24.3 Å². The van der Waals surface area contributed by atoms with Gasteiger partial charge in [-0.15, -0.1) is 23.2 Å². The van der Waals surface area contributed by atoms with Crippen LogP contribution in [0.25, 0.3) is 0 Å². The van der Waals surface area contributed by atoms with E-state index >= 15 is 0 Å². The molecule has 60 valence electrons. The molecule has 1 aliphatic heterocycles. The quantitative estimate of drug-likeness (QED) is 0.459. The Bertz CT molecular complexity index is 85.7. The van der Waals surface area contributed by atoms with Crippen molar-refractivity contribution in [3.8, 4) is 0 Å². The first-order chi connectivity index (χ1) is 4.81. The van der Waals surface area contributed by atoms with E-state index in [0.29, 0.717) is 24.8 Å². The average Bonchev–Trinajstić information content (AvgIpc) is 2.40. The molecule has 0 aromatic carbocycles. The standard InChI is InChI=1S/C4H6O2.C2H4Cl2/c5-4-2-1-3-6-4;3-1-2-4/h1-3H2;1-2H2. The second kappa shape index (κ2) is 7.16. The smallest absolute Gasteiger partial charge is 0.305 e. The summed E-state index contributed by atoms with van der Waals surface area (Å²) in [6.07, 6.45) is 1.54. The van der Waals surface area contributed by atoms with Gasteiger partial charge >= 0.3 is 5.97 Å². The highest BCUT2D eigenvalue weighted by molar-refractivity contribution is 6.25. The van der Waals surface area contributed by atoms with Crippen molar-refractivity contribution in [1.29, 1.82) is 0 Å². The molecule has 0 bridgehead atoms. The Hall–Kier alpha value is 0.0500. The molecular weight excluding hydrogens is 175 g/mol. The summed E-state index contributed by atoms with van der Waals surface area (Å²) in [6, 6.07) is 0. The Balaban J connectivity index is 0.000000180. The molecule has 2 nitrogen and oxygen atoms in total. The topological polar surface area (TPSA) is 26.3 Å². The molecular formula is C6H10Cl2O2. The predicted molar refractivity (Wildman–Crippen MR) is 41.6 cm³/mol. The van der Waals surface area contributed by atoms with E-state index in [-0.39, 0.29) is 5.97 Å². The Morgan fingerprint density at radius 3 is 2.10 bits per heavy atom. The van der Waals surface area contributed by atoms with Crippen molar-refractivity contribution in [2.45, 2.75) is 12.8 Å². The SMILES string of the molecule is ClCCCl.O=C1CCCO1. The van der Waals surface area contributed by atoms with Crippen LogP contribution in [-0.2, 0) is 9.53 Å². The Morgan fingerprint density at radius 2 is 2.00 bits per heavy atom. The first kappa shape index (κ1) is 10.0. The van der Waals surface area contributed by atoms with E-state index in [4.69, 9.17) is 23.2 Å². The molecule has 0 aliphatic carbocycles. The summed E-state index contributed by atoms with van der Waals surface area (Å²) in [7, 11) is 0. The largest absolute Gasteiger partial charge is 0.466 e. The third-order valence-electron chi connectivity index (χ3n) is 0.860. The van der Waals surface area contributed by atoms with Gasteiger partial charge in [0.2, 0.25) is 0 Å². The van der Waals surface area contributed by atoms with Crippen molar-refractivity contribution >= 4 is 29.2 Å². The van der Waals surface area contributed by atoms with Crippen LogP contribution in [0.1, 0.15) is 12.8 Å². The van der Waals surface area contributed by atoms with Crippen molar-refractivity contribution in [1.82, 2.24) is 0 Å². The zero-order chi connectivity index (χ0) is 7.82. The number of cyclic esters (lactones) is 1. The van der Waals surface area contributed by atoms with E-state index in [9.17, 15) is 4.79 Å². The number of hydrogen-bond donors (Lipinski definition) is 0. The van der Waals surface area contributed by atoms with E-state index in [1.54, 1.807) is 0 Å². The van der Waals surface area contributed by atoms with Gasteiger partial charge in [0.1, 0.15) is 0 Å². The molecule has 0 saturated carbocycles. The fourth-order valence-corrected chi connectivity index (χ4v) is 0.475. The summed E-state index contributed by atoms with van der Waals surface area (Å²) in [6.45, 7) is 0.638. The number of carbonyl (C=O) groups is 1. The maximum Gasteiger partial charge on any atom is 0.305 e. The van der Waals surface area contributed by atoms with Crippen LogP contribution >= 0.6 is 23.2 Å². The summed E-state index contributed by atoms with van der Waals surface area (Å²) >= 11 is 10.1. The van der Waals surface area contributed by atoms with Crippen LogP contribution in [0.3, 0.4) is 0 Å². The lowest BCUT2D eigenvalue weighted by molar-refractivity contribution is -0.137. The maximum atomic E-state index is 10.0. The van der Waals surface area contributed by atoms with E-state index < -0.39 is 0 Å². The molecule has 10 heavy (non-hydrogen) atoms. The summed E-state index contributed by atoms with van der Waals surface area (Å²) in [5.74, 6) is 1.07. The monoisotopic (exact) mass is 184 g/mol. The normalized spacial score (nSPS) is 15.6. The van der Waals surface area contributed by atoms with Gasteiger partial charge in [-0.3, -0.25) is 4.79 Å². The minimum Gasteiger partial charge on any atom is -0.466 e. The van der Waals surface area contributed by atoms with Crippen molar-refractivity contribution in [2.75, 3.05) is 18.4 Å². The van der Waals surface area contributed by atoms with E-state index in [1.165, 1.54) is 0 Å². The second-order valence-electron chi connectivity index (χ2n) is 1.70. The predicted octanol–water partition coefficient (Wildman–Crippen LogP) is 1.79. The van der Waals surface area contributed by atoms with Crippen molar-refractivity contribution in [2.24, 2.45) is 0 Å². The summed E-state index contributed by atoms with van der Waals surface area (Å²) in [4.78, 5) is 10.0. The van der Waals surface area contributed by atoms with Crippen molar-refractivity contribution in [3.63, 3.8) is 0 Å². The molecule has 1 saturated heterocycles. The number of rotatable bonds is 1. The molecule has 0 spiro atoms. The van der Waals surface area contributed by atoms with Crippen LogP contribution in [0.15, 0.2) is 0 Å². The number of alkyl halides is 2. The summed E-state index contributed by atoms with van der Waals surface area (Å²) in [5, 5.41) is 0. The average molecular weight is 185 g/mol. The number of ether oxygens (including phenoxy) is 1. The minimum absolute atomic E-state index is 0.0463. The van der Waals surface area contributed by atoms with Crippen LogP contribution in [0.4, 0.5) is 0 Å². The molecule has 0 unspecified atom stereocenters. The first-order valence-corrected chi connectivity index (χ1v) is 4.15. The van der Waals surface area contributed by atoms with Gasteiger partial charge in [-0.2, -0.15) is 0 Å². The molecule has 0 aromatic heterocycles. The van der Waals surface area contributed by atoms with Gasteiger partial charge in [-0.05, 0) is 6.42 Å². The highest BCUT2D eigenvalue weighted by Crippen LogP contribution is 2.01. The van der Waals surface area contributed by atoms with Gasteiger partial charge in [0.05, 0.1) is 6.61 Å². The number of esters is 1. The number of hydrogen-bond acceptors (Lipinski definition) is 2. The fourth-order valence-electron chi connectivity index (χ4n) is 0.475. The zero-order valence-corrected chi connectivity index (χ0v) is 7.12. The van der Waals surface area contributed by atoms with E-state index in [1.807, 2.05) is 0 Å². The Kier molecular flexibility index (Phi) is 7.20. The highest BCUT2D eigenvalue weighted by Gasteiger charge is 2.08. The molecule has 0 atom stereocenters. The molecule has 4 heteroatoms. The zero-order valence-electron chi connectivity index (χ0n) is 5.61. The van der Waals surface area contributed by atoms with Gasteiger partial charge in [-0.1, -0.05) is 0 Å². The summed E-state index contributed by atoms with van der Waals surface area (Å²) in [5.41, 5.74) is 0. The van der Waals surface area contributed by atoms with Crippen LogP contribution < -0.4 is 0 Å². The third kappa shape index (κ3) is 6.17. The van der Waals surface area contributed by atoms with E-state index in [2.05, 4.69) is 4.74 Å². The van der Waals surface area contributed by atoms with E-state index in [0.717, 1.165) is 6.42 Å². The lowest BCUT2D eigenvalue weighted by atomic mass is 10.4. The number of halogens is 2. The molecule has 1 heterocycles. The highest BCUT2D eigenvalue weighted by atomic mass is 35.5. The van der Waals surface area contributed by atoms with Crippen molar-refractivity contribution < 1.29 is 9.53 Å². The molecule has 1 rings (SSSR count). The Labute approximate surface area is 70.4 Å². The van der Waals surface area contributed by atoms with Gasteiger partial charge in [0, 0.05) is 18.2 Å². The van der Waals surface area contributed by atoms with Crippen LogP contribution in [0.2, 0.25) is 0 Å². The molecule has 1 fully saturated rings. The lowest BCUT2D eigenvalue weighted by Crippen LogP contribution is -1.88. The molecule has 0 N–H and O–H groups in total. The van der Waals surface area contributed by atoms with Gasteiger partial charge in [0.25, 0.3) is 0 Å². The first-order valence-electron chi connectivity index (χ1n) is 3.08. The fraction of sp³-hybridized carbons (Fsp3) is 0.833.